The van der Waals surface area contributed by atoms with Crippen LogP contribution in [0, 0.1) is 0 Å². The van der Waals surface area contributed by atoms with E-state index in [1.807, 2.05) is 6.92 Å². The van der Waals surface area contributed by atoms with Crippen molar-refractivity contribution < 1.29 is 18.3 Å². The lowest BCUT2D eigenvalue weighted by Gasteiger charge is -2.21. The van der Waals surface area contributed by atoms with E-state index in [0.29, 0.717) is 12.1 Å². The van der Waals surface area contributed by atoms with Crippen molar-refractivity contribution in [2.24, 2.45) is 0 Å². The zero-order chi connectivity index (χ0) is 14.8. The molecule has 110 valence electrons. The summed E-state index contributed by atoms with van der Waals surface area (Å²) in [7, 11) is -3.32. The molecule has 0 spiro atoms. The van der Waals surface area contributed by atoms with Crippen LogP contribution in [0.2, 0.25) is 0 Å². The minimum Gasteiger partial charge on any atom is -0.478 e. The number of carboxylic acids is 1. The van der Waals surface area contributed by atoms with Gasteiger partial charge < -0.3 is 5.11 Å². The van der Waals surface area contributed by atoms with Crippen LogP contribution in [0.4, 0.5) is 0 Å². The average Bonchev–Trinajstić information content (AvgIpc) is 3.20. The molecule has 1 aliphatic rings. The third-order valence-corrected chi connectivity index (χ3v) is 5.20. The Kier molecular flexibility index (Phi) is 4.45. The van der Waals surface area contributed by atoms with E-state index in [9.17, 15) is 13.2 Å². The molecule has 1 fully saturated rings. The molecule has 0 radical (unpaired) electrons. The van der Waals surface area contributed by atoms with Gasteiger partial charge in [-0.2, -0.15) is 4.31 Å². The van der Waals surface area contributed by atoms with Crippen molar-refractivity contribution in [3.63, 3.8) is 0 Å². The molecule has 0 heterocycles. The van der Waals surface area contributed by atoms with Crippen molar-refractivity contribution in [1.82, 2.24) is 4.31 Å². The van der Waals surface area contributed by atoms with Crippen LogP contribution < -0.4 is 0 Å². The second-order valence-corrected chi connectivity index (χ2v) is 7.02. The second kappa shape index (κ2) is 5.93. The molecule has 0 amide bonds. The summed E-state index contributed by atoms with van der Waals surface area (Å²) in [5.74, 6) is -1.08. The Morgan fingerprint density at radius 1 is 1.30 bits per heavy atom. The predicted octanol–water partition coefficient (Wildman–Crippen LogP) is 2.09. The Bertz CT molecular complexity index is 576. The van der Waals surface area contributed by atoms with Crippen molar-refractivity contribution >= 4 is 16.0 Å². The average molecular weight is 297 g/mol. The second-order valence-electron chi connectivity index (χ2n) is 5.10. The molecule has 5 nitrogen and oxygen atoms in total. The van der Waals surface area contributed by atoms with Gasteiger partial charge in [-0.1, -0.05) is 19.1 Å². The standard InChI is InChI=1S/C14H19NO4S/c1-2-9-15(13-7-8-13)20(18,19)10-11-3-5-12(6-4-11)14(16)17/h3-6,13H,2,7-10H2,1H3,(H,16,17). The highest BCUT2D eigenvalue weighted by Gasteiger charge is 2.36. The molecule has 0 bridgehead atoms. The van der Waals surface area contributed by atoms with Gasteiger partial charge in [0.25, 0.3) is 0 Å². The summed E-state index contributed by atoms with van der Waals surface area (Å²) >= 11 is 0. The lowest BCUT2D eigenvalue weighted by molar-refractivity contribution is 0.0697. The summed E-state index contributed by atoms with van der Waals surface area (Å²) in [4.78, 5) is 10.8. The number of sulfonamides is 1. The van der Waals surface area contributed by atoms with E-state index in [2.05, 4.69) is 0 Å². The van der Waals surface area contributed by atoms with Crippen LogP contribution in [-0.2, 0) is 15.8 Å². The third-order valence-electron chi connectivity index (χ3n) is 3.31. The number of rotatable bonds is 7. The molecular weight excluding hydrogens is 278 g/mol. The fourth-order valence-corrected chi connectivity index (χ4v) is 4.07. The van der Waals surface area contributed by atoms with Gasteiger partial charge in [0.2, 0.25) is 10.0 Å². The lowest BCUT2D eigenvalue weighted by Crippen LogP contribution is -2.34. The van der Waals surface area contributed by atoms with Gasteiger partial charge >= 0.3 is 5.97 Å². The van der Waals surface area contributed by atoms with Crippen molar-refractivity contribution in [1.29, 1.82) is 0 Å². The van der Waals surface area contributed by atoms with Crippen LogP contribution in [0.5, 0.6) is 0 Å². The van der Waals surface area contributed by atoms with Crippen LogP contribution in [0.1, 0.15) is 42.1 Å². The lowest BCUT2D eigenvalue weighted by atomic mass is 10.1. The van der Waals surface area contributed by atoms with Crippen LogP contribution in [0.15, 0.2) is 24.3 Å². The summed E-state index contributed by atoms with van der Waals surface area (Å²) in [5, 5.41) is 8.82. The molecule has 1 aromatic carbocycles. The molecule has 0 aromatic heterocycles. The van der Waals surface area contributed by atoms with E-state index in [4.69, 9.17) is 5.11 Å². The molecule has 20 heavy (non-hydrogen) atoms. The molecule has 1 aromatic rings. The molecule has 0 saturated heterocycles. The summed E-state index contributed by atoms with van der Waals surface area (Å²) in [6, 6.07) is 6.18. The van der Waals surface area contributed by atoms with Gasteiger partial charge in [-0.15, -0.1) is 0 Å². The number of hydrogen-bond acceptors (Lipinski definition) is 3. The molecular formula is C14H19NO4S. The largest absolute Gasteiger partial charge is 0.478 e. The van der Waals surface area contributed by atoms with Crippen molar-refractivity contribution in [2.75, 3.05) is 6.54 Å². The highest BCUT2D eigenvalue weighted by molar-refractivity contribution is 7.88. The molecule has 1 aliphatic carbocycles. The van der Waals surface area contributed by atoms with E-state index < -0.39 is 16.0 Å². The van der Waals surface area contributed by atoms with Crippen LogP contribution >= 0.6 is 0 Å². The Morgan fingerprint density at radius 3 is 2.35 bits per heavy atom. The minimum absolute atomic E-state index is 0.0661. The van der Waals surface area contributed by atoms with Gasteiger partial charge in [-0.25, -0.2) is 13.2 Å². The summed E-state index contributed by atoms with van der Waals surface area (Å²) < 4.78 is 26.4. The van der Waals surface area contributed by atoms with E-state index in [0.717, 1.165) is 19.3 Å². The van der Waals surface area contributed by atoms with Crippen molar-refractivity contribution in [2.45, 2.75) is 38.0 Å². The fraction of sp³-hybridized carbons (Fsp3) is 0.500. The molecule has 1 N–H and O–H groups in total. The molecule has 6 heteroatoms. The van der Waals surface area contributed by atoms with Gasteiger partial charge in [0.1, 0.15) is 0 Å². The molecule has 2 rings (SSSR count). The number of carboxylic acid groups (broad SMARTS) is 1. The SMILES string of the molecule is CCCN(C1CC1)S(=O)(=O)Cc1ccc(C(=O)O)cc1. The predicted molar refractivity (Wildman–Crippen MR) is 76.0 cm³/mol. The van der Waals surface area contributed by atoms with E-state index >= 15 is 0 Å². The zero-order valence-electron chi connectivity index (χ0n) is 11.4. The van der Waals surface area contributed by atoms with Crippen molar-refractivity contribution in [3.05, 3.63) is 35.4 Å². The minimum atomic E-state index is -3.32. The fourth-order valence-electron chi connectivity index (χ4n) is 2.17. The smallest absolute Gasteiger partial charge is 0.335 e. The third kappa shape index (κ3) is 3.58. The van der Waals surface area contributed by atoms with Crippen molar-refractivity contribution in [3.8, 4) is 0 Å². The first-order chi connectivity index (χ1) is 9.44. The molecule has 0 unspecified atom stereocenters. The number of nitrogens with zero attached hydrogens (tertiary/aromatic N) is 1. The molecule has 0 atom stereocenters. The Hall–Kier alpha value is -1.40. The highest BCUT2D eigenvalue weighted by atomic mass is 32.2. The maximum Gasteiger partial charge on any atom is 0.335 e. The summed E-state index contributed by atoms with van der Waals surface area (Å²) in [6.45, 7) is 2.52. The van der Waals surface area contributed by atoms with Gasteiger partial charge in [0.15, 0.2) is 0 Å². The van der Waals surface area contributed by atoms with Gasteiger partial charge in [0, 0.05) is 12.6 Å². The van der Waals surface area contributed by atoms with E-state index in [1.165, 1.54) is 12.1 Å². The molecule has 0 aliphatic heterocycles. The first kappa shape index (κ1) is 15.0. The van der Waals surface area contributed by atoms with Gasteiger partial charge in [-0.05, 0) is 37.0 Å². The quantitative estimate of drug-likeness (QED) is 0.836. The van der Waals surface area contributed by atoms with Gasteiger partial charge in [0.05, 0.1) is 11.3 Å². The monoisotopic (exact) mass is 297 g/mol. The van der Waals surface area contributed by atoms with Crippen LogP contribution in [0.25, 0.3) is 0 Å². The number of benzene rings is 1. The van der Waals surface area contributed by atoms with E-state index in [-0.39, 0.29) is 17.4 Å². The Labute approximate surface area is 119 Å². The molecule has 1 saturated carbocycles. The Morgan fingerprint density at radius 2 is 1.90 bits per heavy atom. The van der Waals surface area contributed by atoms with Crippen LogP contribution in [-0.4, -0.2) is 36.4 Å². The number of carbonyl (C=O) groups is 1. The van der Waals surface area contributed by atoms with Crippen LogP contribution in [0.3, 0.4) is 0 Å². The number of hydrogen-bond donors (Lipinski definition) is 1. The number of aromatic carboxylic acids is 1. The zero-order valence-corrected chi connectivity index (χ0v) is 12.3. The first-order valence-corrected chi connectivity index (χ1v) is 8.36. The maximum absolute atomic E-state index is 12.4. The first-order valence-electron chi connectivity index (χ1n) is 6.76. The summed E-state index contributed by atoms with van der Waals surface area (Å²) in [6.07, 6.45) is 2.68. The van der Waals surface area contributed by atoms with Gasteiger partial charge in [-0.3, -0.25) is 0 Å². The Balaban J connectivity index is 2.12. The highest BCUT2D eigenvalue weighted by Crippen LogP contribution is 2.30. The van der Waals surface area contributed by atoms with E-state index in [1.54, 1.807) is 16.4 Å². The maximum atomic E-state index is 12.4. The normalized spacial score (nSPS) is 15.5. The topological polar surface area (TPSA) is 74.7 Å². The summed E-state index contributed by atoms with van der Waals surface area (Å²) in [5.41, 5.74) is 0.788.